The van der Waals surface area contributed by atoms with Crippen LogP contribution in [0.25, 0.3) is 0 Å². The fraction of sp³-hybridized carbons (Fsp3) is 0.562. The summed E-state index contributed by atoms with van der Waals surface area (Å²) in [5.41, 5.74) is 0.949. The minimum Gasteiger partial charge on any atom is -0.340 e. The predicted octanol–water partition coefficient (Wildman–Crippen LogP) is 1.80. The summed E-state index contributed by atoms with van der Waals surface area (Å²) in [7, 11) is 0. The average molecular weight is 289 g/mol. The number of piperazine rings is 1. The maximum absolute atomic E-state index is 12.8. The van der Waals surface area contributed by atoms with Crippen molar-refractivity contribution in [1.82, 2.24) is 15.2 Å². The smallest absolute Gasteiger partial charge is 0.249 e. The van der Waals surface area contributed by atoms with Crippen LogP contribution in [0.5, 0.6) is 0 Å². The Hall–Kier alpha value is -1.91. The van der Waals surface area contributed by atoms with E-state index in [4.69, 9.17) is 0 Å². The fourth-order valence-corrected chi connectivity index (χ4v) is 2.79. The van der Waals surface area contributed by atoms with Crippen molar-refractivity contribution in [3.63, 3.8) is 0 Å². The zero-order valence-electron chi connectivity index (χ0n) is 13.1. The number of carbonyl (C=O) groups excluding carboxylic acids is 2. The van der Waals surface area contributed by atoms with Crippen molar-refractivity contribution in [2.45, 2.75) is 58.7 Å². The molecular formula is C16H23N3O2. The molecule has 1 saturated heterocycles. The van der Waals surface area contributed by atoms with E-state index in [1.54, 1.807) is 11.8 Å². The van der Waals surface area contributed by atoms with Crippen LogP contribution in [-0.4, -0.2) is 33.3 Å². The molecule has 21 heavy (non-hydrogen) atoms. The van der Waals surface area contributed by atoms with E-state index >= 15 is 0 Å². The molecule has 0 aromatic carbocycles. The van der Waals surface area contributed by atoms with Crippen molar-refractivity contribution < 1.29 is 9.59 Å². The number of rotatable bonds is 4. The SMILES string of the molecule is CCC1(CC)NC(=O)C(C)N(Cc2cccc(C)n2)C1=O. The maximum atomic E-state index is 12.8. The van der Waals surface area contributed by atoms with Crippen molar-refractivity contribution in [3.05, 3.63) is 29.6 Å². The van der Waals surface area contributed by atoms with E-state index in [1.165, 1.54) is 0 Å². The van der Waals surface area contributed by atoms with Gasteiger partial charge < -0.3 is 10.2 Å². The van der Waals surface area contributed by atoms with E-state index in [2.05, 4.69) is 10.3 Å². The Morgan fingerprint density at radius 3 is 2.52 bits per heavy atom. The van der Waals surface area contributed by atoms with Gasteiger partial charge in [0.25, 0.3) is 0 Å². The average Bonchev–Trinajstić information content (AvgIpc) is 2.48. The Kier molecular flexibility index (Phi) is 4.30. The molecule has 1 aliphatic heterocycles. The third-order valence-corrected chi connectivity index (χ3v) is 4.37. The number of carbonyl (C=O) groups is 2. The normalized spacial score (nSPS) is 21.3. The number of nitrogens with zero attached hydrogens (tertiary/aromatic N) is 2. The van der Waals surface area contributed by atoms with E-state index in [-0.39, 0.29) is 11.8 Å². The summed E-state index contributed by atoms with van der Waals surface area (Å²) in [6.45, 7) is 7.91. The van der Waals surface area contributed by atoms with Crippen molar-refractivity contribution in [1.29, 1.82) is 0 Å². The molecule has 1 fully saturated rings. The number of aryl methyl sites for hydroxylation is 1. The van der Waals surface area contributed by atoms with E-state index < -0.39 is 11.6 Å². The molecule has 1 aromatic heterocycles. The zero-order valence-corrected chi connectivity index (χ0v) is 13.1. The van der Waals surface area contributed by atoms with E-state index in [9.17, 15) is 9.59 Å². The third-order valence-electron chi connectivity index (χ3n) is 4.37. The van der Waals surface area contributed by atoms with E-state index in [0.29, 0.717) is 19.4 Å². The van der Waals surface area contributed by atoms with Crippen LogP contribution in [0, 0.1) is 6.92 Å². The van der Waals surface area contributed by atoms with Gasteiger partial charge in [-0.05, 0) is 38.8 Å². The number of hydrogen-bond donors (Lipinski definition) is 1. The van der Waals surface area contributed by atoms with Gasteiger partial charge >= 0.3 is 0 Å². The molecule has 1 unspecified atom stereocenters. The first kappa shape index (κ1) is 15.5. The Bertz CT molecular complexity index is 552. The lowest BCUT2D eigenvalue weighted by Crippen LogP contribution is -2.69. The van der Waals surface area contributed by atoms with Crippen LogP contribution in [0.3, 0.4) is 0 Å². The van der Waals surface area contributed by atoms with Gasteiger partial charge in [-0.2, -0.15) is 0 Å². The molecule has 2 heterocycles. The Balaban J connectivity index is 2.31. The fourth-order valence-electron chi connectivity index (χ4n) is 2.79. The predicted molar refractivity (Wildman–Crippen MR) is 80.4 cm³/mol. The number of amides is 2. The maximum Gasteiger partial charge on any atom is 0.249 e. The van der Waals surface area contributed by atoms with Crippen LogP contribution < -0.4 is 5.32 Å². The first-order valence-corrected chi connectivity index (χ1v) is 7.49. The molecule has 0 aliphatic carbocycles. The molecule has 114 valence electrons. The minimum absolute atomic E-state index is 0.0112. The summed E-state index contributed by atoms with van der Waals surface area (Å²) in [6.07, 6.45) is 1.19. The van der Waals surface area contributed by atoms with Gasteiger partial charge in [0.05, 0.1) is 12.2 Å². The second-order valence-electron chi connectivity index (χ2n) is 5.66. The summed E-state index contributed by atoms with van der Waals surface area (Å²) < 4.78 is 0. The van der Waals surface area contributed by atoms with Crippen molar-refractivity contribution in [3.8, 4) is 0 Å². The van der Waals surface area contributed by atoms with Gasteiger partial charge in [0.15, 0.2) is 0 Å². The van der Waals surface area contributed by atoms with E-state index in [0.717, 1.165) is 11.4 Å². The number of pyridine rings is 1. The lowest BCUT2D eigenvalue weighted by atomic mass is 9.87. The van der Waals surface area contributed by atoms with Crippen LogP contribution in [-0.2, 0) is 16.1 Å². The molecule has 1 aliphatic rings. The van der Waals surface area contributed by atoms with Gasteiger partial charge in [0.1, 0.15) is 11.6 Å². The molecule has 0 spiro atoms. The van der Waals surface area contributed by atoms with Gasteiger partial charge in [-0.3, -0.25) is 14.6 Å². The largest absolute Gasteiger partial charge is 0.340 e. The monoisotopic (exact) mass is 289 g/mol. The summed E-state index contributed by atoms with van der Waals surface area (Å²) in [6, 6.07) is 5.26. The first-order chi connectivity index (χ1) is 9.93. The number of aromatic nitrogens is 1. The molecule has 1 atom stereocenters. The van der Waals surface area contributed by atoms with Crippen molar-refractivity contribution in [2.24, 2.45) is 0 Å². The highest BCUT2D eigenvalue weighted by molar-refractivity contribution is 5.99. The Morgan fingerprint density at radius 2 is 1.95 bits per heavy atom. The summed E-state index contributed by atoms with van der Waals surface area (Å²) in [4.78, 5) is 31.1. The molecular weight excluding hydrogens is 266 g/mol. The highest BCUT2D eigenvalue weighted by Gasteiger charge is 2.47. The number of nitrogens with one attached hydrogen (secondary N) is 1. The quantitative estimate of drug-likeness (QED) is 0.919. The summed E-state index contributed by atoms with van der Waals surface area (Å²) in [5.74, 6) is -0.103. The number of hydrogen-bond acceptors (Lipinski definition) is 3. The first-order valence-electron chi connectivity index (χ1n) is 7.49. The molecule has 1 N–H and O–H groups in total. The molecule has 0 bridgehead atoms. The van der Waals surface area contributed by atoms with Crippen molar-refractivity contribution in [2.75, 3.05) is 0 Å². The highest BCUT2D eigenvalue weighted by atomic mass is 16.2. The minimum atomic E-state index is -0.770. The second-order valence-corrected chi connectivity index (χ2v) is 5.66. The highest BCUT2D eigenvalue weighted by Crippen LogP contribution is 2.26. The molecule has 5 nitrogen and oxygen atoms in total. The second kappa shape index (κ2) is 5.84. The molecule has 2 rings (SSSR count). The molecule has 0 radical (unpaired) electrons. The molecule has 1 aromatic rings. The van der Waals surface area contributed by atoms with Gasteiger partial charge in [0.2, 0.25) is 11.8 Å². The zero-order chi connectivity index (χ0) is 15.6. The molecule has 0 saturated carbocycles. The van der Waals surface area contributed by atoms with Crippen LogP contribution in [0.15, 0.2) is 18.2 Å². The van der Waals surface area contributed by atoms with Crippen LogP contribution in [0.4, 0.5) is 0 Å². The van der Waals surface area contributed by atoms with Gasteiger partial charge in [-0.25, -0.2) is 0 Å². The van der Waals surface area contributed by atoms with Crippen molar-refractivity contribution >= 4 is 11.8 Å². The Labute approximate surface area is 125 Å². The molecule has 2 amide bonds. The van der Waals surface area contributed by atoms with Gasteiger partial charge in [0, 0.05) is 5.69 Å². The van der Waals surface area contributed by atoms with Crippen LogP contribution >= 0.6 is 0 Å². The lowest BCUT2D eigenvalue weighted by Gasteiger charge is -2.44. The van der Waals surface area contributed by atoms with Crippen LogP contribution in [0.1, 0.15) is 45.0 Å². The Morgan fingerprint density at radius 1 is 1.29 bits per heavy atom. The van der Waals surface area contributed by atoms with E-state index in [1.807, 2.05) is 39.0 Å². The summed E-state index contributed by atoms with van der Waals surface area (Å²) in [5, 5.41) is 2.91. The standard InChI is InChI=1S/C16H23N3O2/c1-5-16(6-2)15(21)19(12(4)14(20)18-16)10-13-9-7-8-11(3)17-13/h7-9,12H,5-6,10H2,1-4H3,(H,18,20). The third kappa shape index (κ3) is 2.77. The summed E-state index contributed by atoms with van der Waals surface area (Å²) >= 11 is 0. The molecule has 5 heteroatoms. The van der Waals surface area contributed by atoms with Crippen LogP contribution in [0.2, 0.25) is 0 Å². The van der Waals surface area contributed by atoms with Gasteiger partial charge in [-0.15, -0.1) is 0 Å². The topological polar surface area (TPSA) is 62.3 Å². The van der Waals surface area contributed by atoms with Gasteiger partial charge in [-0.1, -0.05) is 19.9 Å². The lowest BCUT2D eigenvalue weighted by molar-refractivity contribution is -0.155.